The number of benzene rings is 1. The second-order valence-corrected chi connectivity index (χ2v) is 4.75. The maximum atomic E-state index is 13.2. The molecule has 19 heavy (non-hydrogen) atoms. The molecule has 0 heterocycles. The van der Waals surface area contributed by atoms with Gasteiger partial charge < -0.3 is 9.84 Å². The van der Waals surface area contributed by atoms with E-state index in [9.17, 15) is 9.18 Å². The Labute approximate surface area is 111 Å². The maximum absolute atomic E-state index is 13.2. The van der Waals surface area contributed by atoms with Crippen LogP contribution in [-0.2, 0) is 16.0 Å². The highest BCUT2D eigenvalue weighted by Crippen LogP contribution is 2.35. The van der Waals surface area contributed by atoms with Crippen LogP contribution in [0.5, 0.6) is 0 Å². The quantitative estimate of drug-likeness (QED) is 0.854. The fourth-order valence-electron chi connectivity index (χ4n) is 2.67. The molecule has 0 bridgehead atoms. The third-order valence-electron chi connectivity index (χ3n) is 3.51. The summed E-state index contributed by atoms with van der Waals surface area (Å²) in [7, 11) is 1.59. The SMILES string of the molecule is COCCN(CC(=O)O)C1CCc2cc(F)ccc21. The number of carboxylic acids is 1. The van der Waals surface area contributed by atoms with Crippen molar-refractivity contribution >= 4 is 5.97 Å². The van der Waals surface area contributed by atoms with Gasteiger partial charge in [-0.3, -0.25) is 9.69 Å². The molecule has 1 N–H and O–H groups in total. The topological polar surface area (TPSA) is 49.8 Å². The van der Waals surface area contributed by atoms with Crippen LogP contribution >= 0.6 is 0 Å². The molecule has 1 atom stereocenters. The summed E-state index contributed by atoms with van der Waals surface area (Å²) in [5.41, 5.74) is 2.02. The Kier molecular flexibility index (Phi) is 4.50. The summed E-state index contributed by atoms with van der Waals surface area (Å²) in [6.07, 6.45) is 1.62. The number of nitrogens with zero attached hydrogens (tertiary/aromatic N) is 1. The second-order valence-electron chi connectivity index (χ2n) is 4.75. The highest BCUT2D eigenvalue weighted by atomic mass is 19.1. The fraction of sp³-hybridized carbons (Fsp3) is 0.500. The van der Waals surface area contributed by atoms with E-state index in [1.807, 2.05) is 4.90 Å². The van der Waals surface area contributed by atoms with Crippen molar-refractivity contribution in [2.24, 2.45) is 0 Å². The number of hydrogen-bond acceptors (Lipinski definition) is 3. The molecule has 1 unspecified atom stereocenters. The van der Waals surface area contributed by atoms with Gasteiger partial charge in [-0.15, -0.1) is 0 Å². The van der Waals surface area contributed by atoms with Crippen molar-refractivity contribution in [3.63, 3.8) is 0 Å². The first-order valence-corrected chi connectivity index (χ1v) is 6.35. The zero-order valence-corrected chi connectivity index (χ0v) is 10.9. The molecule has 0 amide bonds. The monoisotopic (exact) mass is 267 g/mol. The molecule has 4 nitrogen and oxygen atoms in total. The highest BCUT2D eigenvalue weighted by Gasteiger charge is 2.29. The molecule has 0 saturated heterocycles. The number of rotatable bonds is 6. The summed E-state index contributed by atoms with van der Waals surface area (Å²) in [6.45, 7) is 1.02. The summed E-state index contributed by atoms with van der Waals surface area (Å²) >= 11 is 0. The van der Waals surface area contributed by atoms with Crippen LogP contribution in [0, 0.1) is 5.82 Å². The molecule has 104 valence electrons. The van der Waals surface area contributed by atoms with Crippen LogP contribution in [-0.4, -0.2) is 42.8 Å². The van der Waals surface area contributed by atoms with Crippen molar-refractivity contribution in [1.29, 1.82) is 0 Å². The Morgan fingerprint density at radius 3 is 3.05 bits per heavy atom. The molecule has 0 aromatic heterocycles. The predicted molar refractivity (Wildman–Crippen MR) is 68.5 cm³/mol. The number of fused-ring (bicyclic) bond motifs is 1. The molecule has 1 aromatic carbocycles. The molecule has 0 saturated carbocycles. The van der Waals surface area contributed by atoms with E-state index < -0.39 is 5.97 Å². The summed E-state index contributed by atoms with van der Waals surface area (Å²) in [5.74, 6) is -1.09. The standard InChI is InChI=1S/C14H18FNO3/c1-19-7-6-16(9-14(17)18)13-5-2-10-8-11(15)3-4-12(10)13/h3-4,8,13H,2,5-7,9H2,1H3,(H,17,18). The Morgan fingerprint density at radius 2 is 2.37 bits per heavy atom. The van der Waals surface area contributed by atoms with Crippen LogP contribution in [0.3, 0.4) is 0 Å². The van der Waals surface area contributed by atoms with Gasteiger partial charge in [0.25, 0.3) is 0 Å². The molecule has 0 spiro atoms. The van der Waals surface area contributed by atoms with Gasteiger partial charge >= 0.3 is 5.97 Å². The van der Waals surface area contributed by atoms with Crippen molar-refractivity contribution in [1.82, 2.24) is 4.90 Å². The first kappa shape index (κ1) is 14.0. The molecule has 0 fully saturated rings. The fourth-order valence-corrected chi connectivity index (χ4v) is 2.67. The summed E-state index contributed by atoms with van der Waals surface area (Å²) in [6, 6.07) is 4.79. The van der Waals surface area contributed by atoms with Crippen molar-refractivity contribution < 1.29 is 19.0 Å². The van der Waals surface area contributed by atoms with E-state index >= 15 is 0 Å². The Hall–Kier alpha value is -1.46. The first-order chi connectivity index (χ1) is 9.11. The lowest BCUT2D eigenvalue weighted by molar-refractivity contribution is -0.139. The van der Waals surface area contributed by atoms with Crippen molar-refractivity contribution in [3.8, 4) is 0 Å². The Bertz CT molecular complexity index is 464. The third kappa shape index (κ3) is 3.30. The van der Waals surface area contributed by atoms with E-state index in [4.69, 9.17) is 9.84 Å². The van der Waals surface area contributed by atoms with Crippen LogP contribution < -0.4 is 0 Å². The molecule has 0 aliphatic heterocycles. The van der Waals surface area contributed by atoms with Crippen LogP contribution in [0.15, 0.2) is 18.2 Å². The summed E-state index contributed by atoms with van der Waals surface area (Å²) in [4.78, 5) is 12.8. The third-order valence-corrected chi connectivity index (χ3v) is 3.51. The first-order valence-electron chi connectivity index (χ1n) is 6.35. The summed E-state index contributed by atoms with van der Waals surface area (Å²) < 4.78 is 18.2. The number of aliphatic carboxylic acids is 1. The van der Waals surface area contributed by atoms with E-state index in [0.29, 0.717) is 13.2 Å². The largest absolute Gasteiger partial charge is 0.480 e. The van der Waals surface area contributed by atoms with Crippen molar-refractivity contribution in [2.75, 3.05) is 26.8 Å². The lowest BCUT2D eigenvalue weighted by atomic mass is 10.1. The van der Waals surface area contributed by atoms with E-state index in [1.165, 1.54) is 6.07 Å². The minimum atomic E-state index is -0.855. The van der Waals surface area contributed by atoms with Gasteiger partial charge in [-0.2, -0.15) is 0 Å². The van der Waals surface area contributed by atoms with Gasteiger partial charge in [-0.25, -0.2) is 4.39 Å². The number of carboxylic acid groups (broad SMARTS) is 1. The van der Waals surface area contributed by atoms with Crippen LogP contribution in [0.2, 0.25) is 0 Å². The average molecular weight is 267 g/mol. The molecule has 1 aliphatic carbocycles. The lowest BCUT2D eigenvalue weighted by Gasteiger charge is -2.27. The van der Waals surface area contributed by atoms with Gasteiger partial charge in [-0.1, -0.05) is 6.07 Å². The van der Waals surface area contributed by atoms with E-state index in [-0.39, 0.29) is 18.4 Å². The number of methoxy groups -OCH3 is 1. The minimum Gasteiger partial charge on any atom is -0.480 e. The average Bonchev–Trinajstić information content (AvgIpc) is 2.76. The predicted octanol–water partition coefficient (Wildman–Crippen LogP) is 1.85. The van der Waals surface area contributed by atoms with E-state index in [1.54, 1.807) is 19.2 Å². The number of carbonyl (C=O) groups is 1. The summed E-state index contributed by atoms with van der Waals surface area (Å²) in [5, 5.41) is 8.99. The number of halogens is 1. The van der Waals surface area contributed by atoms with E-state index in [0.717, 1.165) is 24.0 Å². The number of hydrogen-bond donors (Lipinski definition) is 1. The van der Waals surface area contributed by atoms with Gasteiger partial charge in [0.2, 0.25) is 0 Å². The lowest BCUT2D eigenvalue weighted by Crippen LogP contribution is -2.35. The van der Waals surface area contributed by atoms with E-state index in [2.05, 4.69) is 0 Å². The molecule has 5 heteroatoms. The van der Waals surface area contributed by atoms with Crippen LogP contribution in [0.25, 0.3) is 0 Å². The highest BCUT2D eigenvalue weighted by molar-refractivity contribution is 5.69. The van der Waals surface area contributed by atoms with Gasteiger partial charge in [0, 0.05) is 19.7 Å². The minimum absolute atomic E-state index is 0.0230. The maximum Gasteiger partial charge on any atom is 0.317 e. The molecular formula is C14H18FNO3. The van der Waals surface area contributed by atoms with Crippen molar-refractivity contribution in [3.05, 3.63) is 35.1 Å². The van der Waals surface area contributed by atoms with Crippen LogP contribution in [0.4, 0.5) is 4.39 Å². The number of aryl methyl sites for hydroxylation is 1. The smallest absolute Gasteiger partial charge is 0.317 e. The van der Waals surface area contributed by atoms with Crippen LogP contribution in [0.1, 0.15) is 23.6 Å². The van der Waals surface area contributed by atoms with Gasteiger partial charge in [-0.05, 0) is 36.1 Å². The van der Waals surface area contributed by atoms with Gasteiger partial charge in [0.15, 0.2) is 0 Å². The normalized spacial score (nSPS) is 17.7. The van der Waals surface area contributed by atoms with Crippen molar-refractivity contribution in [2.45, 2.75) is 18.9 Å². The zero-order chi connectivity index (χ0) is 13.8. The second kappa shape index (κ2) is 6.12. The molecule has 2 rings (SSSR count). The zero-order valence-electron chi connectivity index (χ0n) is 10.9. The molecular weight excluding hydrogens is 249 g/mol. The molecule has 1 aliphatic rings. The van der Waals surface area contributed by atoms with Gasteiger partial charge in [0.05, 0.1) is 13.2 Å². The Balaban J connectivity index is 2.17. The molecule has 0 radical (unpaired) electrons. The Morgan fingerprint density at radius 1 is 1.58 bits per heavy atom. The molecule has 1 aromatic rings. The van der Waals surface area contributed by atoms with Gasteiger partial charge in [0.1, 0.15) is 5.82 Å². The number of ether oxygens (including phenoxy) is 1.